The summed E-state index contributed by atoms with van der Waals surface area (Å²) in [7, 11) is -3.56. The number of carbonyl (C=O) groups is 4. The fraction of sp³-hybridized carbons (Fsp3) is 0.800. The first-order valence-electron chi connectivity index (χ1n) is 15.4. The number of carbonyl (C=O) groups excluding carboxylic acids is 3. The third-order valence-electron chi connectivity index (χ3n) is 8.81. The molecule has 42 heavy (non-hydrogen) atoms. The summed E-state index contributed by atoms with van der Waals surface area (Å²) in [6, 6.07) is -0.831. The highest BCUT2D eigenvalue weighted by Crippen LogP contribution is 2.45. The number of nitrogens with zero attached hydrogens (tertiary/aromatic N) is 1. The van der Waals surface area contributed by atoms with Crippen LogP contribution in [0.5, 0.6) is 0 Å². The molecule has 12 heteroatoms. The van der Waals surface area contributed by atoms with E-state index in [1.165, 1.54) is 4.90 Å². The Morgan fingerprint density at radius 3 is 2.38 bits per heavy atom. The molecule has 2 aliphatic carbocycles. The van der Waals surface area contributed by atoms with Gasteiger partial charge < -0.3 is 25.4 Å². The van der Waals surface area contributed by atoms with E-state index in [1.807, 2.05) is 12.2 Å². The van der Waals surface area contributed by atoms with Crippen LogP contribution in [0.1, 0.15) is 105 Å². The van der Waals surface area contributed by atoms with E-state index in [2.05, 4.69) is 17.6 Å². The van der Waals surface area contributed by atoms with E-state index in [1.54, 1.807) is 20.8 Å². The highest BCUT2D eigenvalue weighted by molar-refractivity contribution is 7.92. The highest BCUT2D eigenvalue weighted by Gasteiger charge is 2.61. The van der Waals surface area contributed by atoms with Gasteiger partial charge in [0.1, 0.15) is 23.7 Å². The number of rotatable bonds is 13. The van der Waals surface area contributed by atoms with Crippen LogP contribution < -0.4 is 10.6 Å². The monoisotopic (exact) mass is 611 g/mol. The van der Waals surface area contributed by atoms with Crippen LogP contribution in [0.3, 0.4) is 0 Å². The number of aliphatic carboxylic acids is 1. The number of carboxylic acid groups (broad SMARTS) is 1. The number of likely N-dealkylation sites (tertiary alicyclic amines) is 1. The van der Waals surface area contributed by atoms with Gasteiger partial charge in [-0.25, -0.2) is 18.0 Å². The van der Waals surface area contributed by atoms with Gasteiger partial charge in [-0.2, -0.15) is 0 Å². The Labute approximate surface area is 250 Å². The van der Waals surface area contributed by atoms with Crippen LogP contribution in [0.2, 0.25) is 0 Å². The average Bonchev–Trinajstić information content (AvgIpc) is 3.36. The summed E-state index contributed by atoms with van der Waals surface area (Å²) in [6.07, 6.45) is 11.6. The SMILES string of the molecule is CCCCC/C=C\C1C[C@]1(NC(=O)[C@@H]1CCCN1C(=O)CNC(=O)OC1(CS(=O)(=O)C(C)(C)C)CCCCC1)C(=O)O. The summed E-state index contributed by atoms with van der Waals surface area (Å²) in [5.41, 5.74) is -2.51. The first kappa shape index (κ1) is 33.9. The molecule has 1 heterocycles. The van der Waals surface area contributed by atoms with E-state index in [0.717, 1.165) is 44.9 Å². The molecule has 0 spiro atoms. The van der Waals surface area contributed by atoms with Crippen molar-refractivity contribution in [1.82, 2.24) is 15.5 Å². The molecule has 3 fully saturated rings. The highest BCUT2D eigenvalue weighted by atomic mass is 32.2. The molecule has 3 rings (SSSR count). The van der Waals surface area contributed by atoms with E-state index in [4.69, 9.17) is 4.74 Å². The molecule has 3 atom stereocenters. The first-order valence-corrected chi connectivity index (χ1v) is 17.0. The number of alkyl carbamates (subject to hydrolysis) is 1. The summed E-state index contributed by atoms with van der Waals surface area (Å²) in [5.74, 6) is -2.67. The number of allylic oxidation sites excluding steroid dienone is 1. The molecule has 238 valence electrons. The second-order valence-corrected chi connectivity index (χ2v) is 15.8. The van der Waals surface area contributed by atoms with Crippen LogP contribution in [-0.4, -0.2) is 83.1 Å². The van der Waals surface area contributed by atoms with Crippen molar-refractivity contribution >= 4 is 33.7 Å². The average molecular weight is 612 g/mol. The summed E-state index contributed by atoms with van der Waals surface area (Å²) in [6.45, 7) is 6.86. The fourth-order valence-corrected chi connectivity index (χ4v) is 7.37. The topological polar surface area (TPSA) is 159 Å². The number of hydrogen-bond donors (Lipinski definition) is 3. The predicted molar refractivity (Wildman–Crippen MR) is 158 cm³/mol. The first-order chi connectivity index (χ1) is 19.7. The Bertz CT molecular complexity index is 1140. The van der Waals surface area contributed by atoms with Crippen molar-refractivity contribution in [2.75, 3.05) is 18.8 Å². The Kier molecular flexibility index (Phi) is 11.1. The van der Waals surface area contributed by atoms with Crippen molar-refractivity contribution in [3.05, 3.63) is 12.2 Å². The summed E-state index contributed by atoms with van der Waals surface area (Å²) in [5, 5.41) is 15.0. The second kappa shape index (κ2) is 13.8. The predicted octanol–water partition coefficient (Wildman–Crippen LogP) is 3.72. The van der Waals surface area contributed by atoms with Gasteiger partial charge in [0.05, 0.1) is 10.5 Å². The molecule has 1 aliphatic heterocycles. The van der Waals surface area contributed by atoms with Crippen LogP contribution in [-0.2, 0) is 29.0 Å². The number of hydrogen-bond acceptors (Lipinski definition) is 7. The number of nitrogens with one attached hydrogen (secondary N) is 2. The van der Waals surface area contributed by atoms with Crippen LogP contribution in [0.15, 0.2) is 12.2 Å². The van der Waals surface area contributed by atoms with E-state index < -0.39 is 62.2 Å². The zero-order valence-corrected chi connectivity index (χ0v) is 26.4. The molecule has 0 aromatic carbocycles. The summed E-state index contributed by atoms with van der Waals surface area (Å²) in [4.78, 5) is 52.5. The van der Waals surface area contributed by atoms with Gasteiger partial charge >= 0.3 is 12.1 Å². The maximum absolute atomic E-state index is 13.2. The minimum absolute atomic E-state index is 0.278. The normalized spacial score (nSPS) is 25.7. The quantitative estimate of drug-likeness (QED) is 0.210. The molecule has 3 aliphatic rings. The maximum Gasteiger partial charge on any atom is 0.408 e. The van der Waals surface area contributed by atoms with Gasteiger partial charge in [0.15, 0.2) is 9.84 Å². The Morgan fingerprint density at radius 1 is 1.07 bits per heavy atom. The third kappa shape index (κ3) is 8.26. The number of ether oxygens (including phenoxy) is 1. The van der Waals surface area contributed by atoms with E-state index in [-0.39, 0.29) is 11.7 Å². The standard InChI is InChI=1S/C30H49N3O8S/c1-5-6-7-8-10-14-22-19-30(22,26(36)37)32-25(35)23-15-13-18-33(23)24(34)20-31-27(38)41-29(16-11-9-12-17-29)21-42(39,40)28(2,3)4/h10,14,22-23H,5-9,11-13,15-21H2,1-4H3,(H,31,38)(H,32,35)(H,36,37)/b14-10-/t22?,23-,30+/m0/s1. The molecule has 0 aromatic heterocycles. The van der Waals surface area contributed by atoms with Gasteiger partial charge in [-0.15, -0.1) is 0 Å². The molecule has 0 aromatic rings. The van der Waals surface area contributed by atoms with Gasteiger partial charge in [0, 0.05) is 12.5 Å². The van der Waals surface area contributed by atoms with Crippen LogP contribution in [0.4, 0.5) is 4.79 Å². The minimum atomic E-state index is -3.56. The second-order valence-electron chi connectivity index (χ2n) is 13.1. The van der Waals surface area contributed by atoms with Crippen molar-refractivity contribution in [3.8, 4) is 0 Å². The lowest BCUT2D eigenvalue weighted by Gasteiger charge is -2.38. The van der Waals surface area contributed by atoms with Crippen molar-refractivity contribution in [2.24, 2.45) is 5.92 Å². The van der Waals surface area contributed by atoms with Gasteiger partial charge in [-0.3, -0.25) is 9.59 Å². The molecule has 1 unspecified atom stereocenters. The smallest absolute Gasteiger partial charge is 0.408 e. The van der Waals surface area contributed by atoms with Crippen LogP contribution in [0.25, 0.3) is 0 Å². The lowest BCUT2D eigenvalue weighted by atomic mass is 9.86. The molecule has 0 radical (unpaired) electrons. The number of amides is 3. The maximum atomic E-state index is 13.2. The number of carboxylic acids is 1. The third-order valence-corrected chi connectivity index (χ3v) is 11.6. The van der Waals surface area contributed by atoms with Crippen molar-refractivity contribution in [2.45, 2.75) is 127 Å². The minimum Gasteiger partial charge on any atom is -0.479 e. The summed E-state index contributed by atoms with van der Waals surface area (Å²) >= 11 is 0. The lowest BCUT2D eigenvalue weighted by molar-refractivity contribution is -0.145. The molecule has 3 N–H and O–H groups in total. The molecular weight excluding hydrogens is 562 g/mol. The van der Waals surface area contributed by atoms with Gasteiger partial charge in [0.2, 0.25) is 11.8 Å². The van der Waals surface area contributed by atoms with E-state index in [0.29, 0.717) is 38.6 Å². The molecule has 1 saturated heterocycles. The fourth-order valence-electron chi connectivity index (χ4n) is 5.89. The Morgan fingerprint density at radius 2 is 1.76 bits per heavy atom. The largest absolute Gasteiger partial charge is 0.479 e. The number of sulfone groups is 1. The van der Waals surface area contributed by atoms with Crippen molar-refractivity contribution in [3.63, 3.8) is 0 Å². The lowest BCUT2D eigenvalue weighted by Crippen LogP contribution is -2.54. The molecule has 3 amide bonds. The van der Waals surface area contributed by atoms with Gasteiger partial charge in [0.25, 0.3) is 0 Å². The zero-order valence-electron chi connectivity index (χ0n) is 25.6. The van der Waals surface area contributed by atoms with E-state index >= 15 is 0 Å². The molecule has 0 bridgehead atoms. The van der Waals surface area contributed by atoms with E-state index in [9.17, 15) is 32.7 Å². The number of unbranched alkanes of at least 4 members (excludes halogenated alkanes) is 3. The van der Waals surface area contributed by atoms with Crippen LogP contribution in [0, 0.1) is 5.92 Å². The molecule has 11 nitrogen and oxygen atoms in total. The van der Waals surface area contributed by atoms with Crippen molar-refractivity contribution < 1.29 is 37.4 Å². The van der Waals surface area contributed by atoms with Gasteiger partial charge in [-0.05, 0) is 78.6 Å². The Hall–Kier alpha value is -2.63. The Balaban J connectivity index is 1.56. The van der Waals surface area contributed by atoms with Gasteiger partial charge in [-0.1, -0.05) is 38.3 Å². The molecule has 2 saturated carbocycles. The zero-order chi connectivity index (χ0) is 31.2. The van der Waals surface area contributed by atoms with Crippen LogP contribution >= 0.6 is 0 Å². The summed E-state index contributed by atoms with van der Waals surface area (Å²) < 4.78 is 30.6. The van der Waals surface area contributed by atoms with Crippen molar-refractivity contribution in [1.29, 1.82) is 0 Å². The molecular formula is C30H49N3O8S.